The molecule has 0 bridgehead atoms. The molecule has 136 valence electrons. The molecule has 0 unspecified atom stereocenters. The van der Waals surface area contributed by atoms with Crippen molar-refractivity contribution in [3.05, 3.63) is 47.8 Å². The third-order valence-electron chi connectivity index (χ3n) is 3.77. The molecule has 1 amide bonds. The van der Waals surface area contributed by atoms with Crippen molar-refractivity contribution in [2.24, 2.45) is 5.73 Å². The lowest BCUT2D eigenvalue weighted by molar-refractivity contribution is 0.100. The molecule has 2 N–H and O–H groups in total. The van der Waals surface area contributed by atoms with Gasteiger partial charge in [-0.2, -0.15) is 0 Å². The monoisotopic (exact) mass is 357 g/mol. The van der Waals surface area contributed by atoms with Gasteiger partial charge in [0.15, 0.2) is 11.5 Å². The van der Waals surface area contributed by atoms with Crippen LogP contribution in [0.3, 0.4) is 0 Å². The number of nitrogens with two attached hydrogens (primary N) is 1. The third kappa shape index (κ3) is 3.35. The maximum atomic E-state index is 13.2. The van der Waals surface area contributed by atoms with Crippen LogP contribution in [0.2, 0.25) is 0 Å². The SMILES string of the molecule is CCOc1cc2oc(-c3ccc(F)cc3)c(C(N)=O)c2cc1OC(C)C. The number of hydrogen-bond acceptors (Lipinski definition) is 4. The second-order valence-electron chi connectivity index (χ2n) is 6.07. The molecule has 0 saturated heterocycles. The van der Waals surface area contributed by atoms with Crippen LogP contribution in [0.4, 0.5) is 4.39 Å². The quantitative estimate of drug-likeness (QED) is 0.704. The highest BCUT2D eigenvalue weighted by Crippen LogP contribution is 2.40. The van der Waals surface area contributed by atoms with E-state index in [4.69, 9.17) is 19.6 Å². The Morgan fingerprint density at radius 2 is 1.88 bits per heavy atom. The summed E-state index contributed by atoms with van der Waals surface area (Å²) in [6.45, 7) is 6.11. The van der Waals surface area contributed by atoms with E-state index < -0.39 is 5.91 Å². The highest BCUT2D eigenvalue weighted by molar-refractivity contribution is 6.11. The number of furan rings is 1. The summed E-state index contributed by atoms with van der Waals surface area (Å²) in [5, 5.41) is 0.524. The Kier molecular flexibility index (Phi) is 4.84. The average molecular weight is 357 g/mol. The van der Waals surface area contributed by atoms with Crippen LogP contribution in [-0.4, -0.2) is 18.6 Å². The Morgan fingerprint density at radius 1 is 1.19 bits per heavy atom. The molecule has 0 radical (unpaired) electrons. The van der Waals surface area contributed by atoms with Gasteiger partial charge >= 0.3 is 0 Å². The largest absolute Gasteiger partial charge is 0.490 e. The topological polar surface area (TPSA) is 74.7 Å². The van der Waals surface area contributed by atoms with Gasteiger partial charge in [0.2, 0.25) is 0 Å². The van der Waals surface area contributed by atoms with Crippen LogP contribution in [-0.2, 0) is 0 Å². The Hall–Kier alpha value is -3.02. The summed E-state index contributed by atoms with van der Waals surface area (Å²) in [5.74, 6) is 0.295. The fraction of sp³-hybridized carbons (Fsp3) is 0.250. The summed E-state index contributed by atoms with van der Waals surface area (Å²) in [7, 11) is 0. The van der Waals surface area contributed by atoms with Gasteiger partial charge in [0, 0.05) is 17.0 Å². The molecule has 0 saturated carbocycles. The van der Waals surface area contributed by atoms with E-state index >= 15 is 0 Å². The summed E-state index contributed by atoms with van der Waals surface area (Å²) in [5.41, 5.74) is 6.82. The Balaban J connectivity index is 2.25. The first-order valence-corrected chi connectivity index (χ1v) is 8.36. The number of hydrogen-bond donors (Lipinski definition) is 1. The standard InChI is InChI=1S/C20H20FNO4/c1-4-24-16-10-15-14(9-17(16)25-11(2)3)18(20(22)23)19(26-15)12-5-7-13(21)8-6-12/h5-11H,4H2,1-3H3,(H2,22,23). The molecule has 3 aromatic rings. The summed E-state index contributed by atoms with van der Waals surface area (Å²) in [4.78, 5) is 12.1. The van der Waals surface area contributed by atoms with Crippen molar-refractivity contribution in [3.63, 3.8) is 0 Å². The normalized spacial score (nSPS) is 11.1. The number of ether oxygens (including phenoxy) is 2. The van der Waals surface area contributed by atoms with Crippen molar-refractivity contribution in [2.75, 3.05) is 6.61 Å². The lowest BCUT2D eigenvalue weighted by atomic mass is 10.0. The maximum absolute atomic E-state index is 13.2. The first-order chi connectivity index (χ1) is 12.4. The number of rotatable bonds is 6. The third-order valence-corrected chi connectivity index (χ3v) is 3.77. The van der Waals surface area contributed by atoms with Crippen LogP contribution >= 0.6 is 0 Å². The molecule has 0 spiro atoms. The van der Waals surface area contributed by atoms with E-state index in [-0.39, 0.29) is 23.2 Å². The fourth-order valence-electron chi connectivity index (χ4n) is 2.77. The first kappa shape index (κ1) is 17.8. The highest BCUT2D eigenvalue weighted by atomic mass is 19.1. The van der Waals surface area contributed by atoms with Gasteiger partial charge in [-0.1, -0.05) is 0 Å². The van der Waals surface area contributed by atoms with Gasteiger partial charge in [-0.15, -0.1) is 0 Å². The molecule has 1 aromatic heterocycles. The van der Waals surface area contributed by atoms with E-state index in [1.165, 1.54) is 24.3 Å². The zero-order valence-electron chi connectivity index (χ0n) is 14.8. The number of carbonyl (C=O) groups is 1. The molecule has 0 atom stereocenters. The van der Waals surface area contributed by atoms with Crippen molar-refractivity contribution in [3.8, 4) is 22.8 Å². The van der Waals surface area contributed by atoms with Gasteiger partial charge in [0.05, 0.1) is 18.3 Å². The van der Waals surface area contributed by atoms with Gasteiger partial charge in [-0.25, -0.2) is 4.39 Å². The van der Waals surface area contributed by atoms with Gasteiger partial charge in [0.25, 0.3) is 5.91 Å². The molecule has 3 rings (SSSR count). The lowest BCUT2D eigenvalue weighted by Gasteiger charge is -2.14. The lowest BCUT2D eigenvalue weighted by Crippen LogP contribution is -2.12. The molecule has 6 heteroatoms. The Morgan fingerprint density at radius 3 is 2.46 bits per heavy atom. The molecule has 26 heavy (non-hydrogen) atoms. The zero-order valence-corrected chi connectivity index (χ0v) is 14.8. The smallest absolute Gasteiger partial charge is 0.253 e. The number of halogens is 1. The van der Waals surface area contributed by atoms with E-state index in [0.29, 0.717) is 34.6 Å². The second kappa shape index (κ2) is 7.07. The molecule has 0 aliphatic rings. The van der Waals surface area contributed by atoms with Crippen LogP contribution in [0.1, 0.15) is 31.1 Å². The van der Waals surface area contributed by atoms with Crippen molar-refractivity contribution in [1.82, 2.24) is 0 Å². The minimum Gasteiger partial charge on any atom is -0.490 e. The van der Waals surface area contributed by atoms with Crippen molar-refractivity contribution in [2.45, 2.75) is 26.9 Å². The van der Waals surface area contributed by atoms with E-state index in [1.54, 1.807) is 12.1 Å². The first-order valence-electron chi connectivity index (χ1n) is 8.36. The molecule has 0 aliphatic heterocycles. The predicted molar refractivity (Wildman–Crippen MR) is 97.1 cm³/mol. The van der Waals surface area contributed by atoms with E-state index in [2.05, 4.69) is 0 Å². The van der Waals surface area contributed by atoms with Gasteiger partial charge in [-0.3, -0.25) is 4.79 Å². The zero-order chi connectivity index (χ0) is 18.8. The molecule has 0 aliphatic carbocycles. The van der Waals surface area contributed by atoms with Crippen LogP contribution in [0.25, 0.3) is 22.3 Å². The number of benzene rings is 2. The van der Waals surface area contributed by atoms with Gasteiger partial charge < -0.3 is 19.6 Å². The number of carbonyl (C=O) groups excluding carboxylic acids is 1. The summed E-state index contributed by atoms with van der Waals surface area (Å²) in [6, 6.07) is 9.04. The van der Waals surface area contributed by atoms with Crippen LogP contribution < -0.4 is 15.2 Å². The van der Waals surface area contributed by atoms with E-state index in [1.807, 2.05) is 20.8 Å². The molecule has 5 nitrogen and oxygen atoms in total. The molecular formula is C20H20FNO4. The number of amides is 1. The second-order valence-corrected chi connectivity index (χ2v) is 6.07. The number of fused-ring (bicyclic) bond motifs is 1. The van der Waals surface area contributed by atoms with Crippen LogP contribution in [0, 0.1) is 5.82 Å². The van der Waals surface area contributed by atoms with E-state index in [0.717, 1.165) is 0 Å². The maximum Gasteiger partial charge on any atom is 0.253 e. The molecule has 0 fully saturated rings. The van der Waals surface area contributed by atoms with Crippen molar-refractivity contribution < 1.29 is 23.1 Å². The molecule has 2 aromatic carbocycles. The fourth-order valence-corrected chi connectivity index (χ4v) is 2.77. The van der Waals surface area contributed by atoms with E-state index in [9.17, 15) is 9.18 Å². The van der Waals surface area contributed by atoms with Crippen molar-refractivity contribution >= 4 is 16.9 Å². The van der Waals surface area contributed by atoms with Gasteiger partial charge in [-0.05, 0) is 51.1 Å². The summed E-state index contributed by atoms with van der Waals surface area (Å²) < 4.78 is 30.5. The predicted octanol–water partition coefficient (Wildman–Crippen LogP) is 4.52. The van der Waals surface area contributed by atoms with Gasteiger partial charge in [0.1, 0.15) is 17.2 Å². The molecular weight excluding hydrogens is 337 g/mol. The Labute approximate surface area is 150 Å². The summed E-state index contributed by atoms with van der Waals surface area (Å²) in [6.07, 6.45) is -0.0767. The minimum absolute atomic E-state index is 0.0767. The van der Waals surface area contributed by atoms with Crippen molar-refractivity contribution in [1.29, 1.82) is 0 Å². The molecule has 1 heterocycles. The van der Waals surface area contributed by atoms with Crippen LogP contribution in [0.5, 0.6) is 11.5 Å². The Bertz CT molecular complexity index is 945. The minimum atomic E-state index is -0.636. The number of primary amides is 1. The summed E-state index contributed by atoms with van der Waals surface area (Å²) >= 11 is 0. The average Bonchev–Trinajstić information content (AvgIpc) is 2.94. The van der Waals surface area contributed by atoms with Crippen LogP contribution in [0.15, 0.2) is 40.8 Å². The highest BCUT2D eigenvalue weighted by Gasteiger charge is 2.23.